The maximum Gasteiger partial charge on any atom is 0.342 e. The van der Waals surface area contributed by atoms with E-state index in [1.807, 2.05) is 0 Å². The molecular weight excluding hydrogens is 438 g/mol. The molecule has 0 spiro atoms. The summed E-state index contributed by atoms with van der Waals surface area (Å²) in [5.41, 5.74) is 0.182. The molecule has 4 aromatic rings. The predicted molar refractivity (Wildman–Crippen MR) is 116 cm³/mol. The lowest BCUT2D eigenvalue weighted by atomic mass is 10.0. The Bertz CT molecular complexity index is 1520. The Labute approximate surface area is 181 Å². The molecule has 0 atom stereocenters. The van der Waals surface area contributed by atoms with Gasteiger partial charge in [-0.3, -0.25) is 4.72 Å². The van der Waals surface area contributed by atoms with Gasteiger partial charge in [0.1, 0.15) is 28.2 Å². The molecule has 0 saturated carbocycles. The van der Waals surface area contributed by atoms with E-state index in [1.54, 1.807) is 31.2 Å². The molecule has 0 fully saturated rings. The van der Waals surface area contributed by atoms with Crippen molar-refractivity contribution in [3.63, 3.8) is 0 Å². The zero-order chi connectivity index (χ0) is 23.2. The number of sulfonamides is 1. The van der Waals surface area contributed by atoms with Gasteiger partial charge < -0.3 is 19.4 Å². The summed E-state index contributed by atoms with van der Waals surface area (Å²) in [6.45, 7) is 1.61. The lowest BCUT2D eigenvalue weighted by Gasteiger charge is -2.12. The molecule has 0 aliphatic heterocycles. The number of ether oxygens (including phenoxy) is 1. The zero-order valence-corrected chi connectivity index (χ0v) is 17.7. The number of hydrogen-bond acceptors (Lipinski definition) is 7. The number of benzene rings is 3. The van der Waals surface area contributed by atoms with Gasteiger partial charge in [-0.1, -0.05) is 24.3 Å². The first-order chi connectivity index (χ1) is 15.1. The maximum atomic E-state index is 13.0. The van der Waals surface area contributed by atoms with E-state index >= 15 is 0 Å². The van der Waals surface area contributed by atoms with E-state index < -0.39 is 33.3 Å². The van der Waals surface area contributed by atoms with Crippen LogP contribution < -0.4 is 4.72 Å². The van der Waals surface area contributed by atoms with Crippen molar-refractivity contribution in [1.29, 1.82) is 0 Å². The molecule has 9 nitrogen and oxygen atoms in total. The summed E-state index contributed by atoms with van der Waals surface area (Å²) in [5.74, 6) is -2.33. The van der Waals surface area contributed by atoms with E-state index in [9.17, 15) is 28.2 Å². The van der Waals surface area contributed by atoms with Crippen molar-refractivity contribution >= 4 is 49.4 Å². The number of methoxy groups -OCH3 is 1. The molecule has 3 aromatic carbocycles. The van der Waals surface area contributed by atoms with Gasteiger partial charge in [-0.05, 0) is 31.2 Å². The summed E-state index contributed by atoms with van der Waals surface area (Å²) in [6.07, 6.45) is 0. The van der Waals surface area contributed by atoms with Crippen LogP contribution in [-0.2, 0) is 14.8 Å². The van der Waals surface area contributed by atoms with Crippen LogP contribution in [0.1, 0.15) is 26.5 Å². The van der Waals surface area contributed by atoms with Gasteiger partial charge in [0.15, 0.2) is 0 Å². The number of hydrogen-bond donors (Lipinski definition) is 3. The molecule has 1 aromatic heterocycles. The first-order valence-electron chi connectivity index (χ1n) is 9.26. The third-order valence-corrected chi connectivity index (χ3v) is 6.38. The number of fused-ring (bicyclic) bond motifs is 3. The largest absolute Gasteiger partial charge is 0.507 e. The van der Waals surface area contributed by atoms with Crippen molar-refractivity contribution in [3.8, 4) is 5.75 Å². The van der Waals surface area contributed by atoms with Crippen molar-refractivity contribution < 1.29 is 37.4 Å². The van der Waals surface area contributed by atoms with Gasteiger partial charge in [0, 0.05) is 16.2 Å². The summed E-state index contributed by atoms with van der Waals surface area (Å²) >= 11 is 0. The van der Waals surface area contributed by atoms with Crippen LogP contribution in [0.2, 0.25) is 0 Å². The normalized spacial score (nSPS) is 11.6. The number of rotatable bonds is 5. The average molecular weight is 455 g/mol. The fourth-order valence-electron chi connectivity index (χ4n) is 3.54. The monoisotopic (exact) mass is 455 g/mol. The number of furan rings is 1. The highest BCUT2D eigenvalue weighted by atomic mass is 32.2. The highest BCUT2D eigenvalue weighted by molar-refractivity contribution is 7.92. The number of anilines is 1. The van der Waals surface area contributed by atoms with Crippen molar-refractivity contribution in [2.75, 3.05) is 11.8 Å². The van der Waals surface area contributed by atoms with Crippen LogP contribution in [0.25, 0.3) is 21.7 Å². The van der Waals surface area contributed by atoms with Crippen LogP contribution in [0.4, 0.5) is 5.69 Å². The van der Waals surface area contributed by atoms with Gasteiger partial charge >= 0.3 is 11.9 Å². The Morgan fingerprint density at radius 1 is 1.03 bits per heavy atom. The SMILES string of the molecule is COC(=O)c1c(C)oc2c1cc(NS(=O)(=O)c1ccc(O)c(C(=O)O)c1)c1ccccc12. The molecule has 0 bridgehead atoms. The van der Waals surface area contributed by atoms with Crippen molar-refractivity contribution in [1.82, 2.24) is 0 Å². The molecule has 0 radical (unpaired) electrons. The lowest BCUT2D eigenvalue weighted by molar-refractivity contribution is 0.0599. The van der Waals surface area contributed by atoms with E-state index in [1.165, 1.54) is 13.2 Å². The van der Waals surface area contributed by atoms with Gasteiger partial charge in [-0.15, -0.1) is 0 Å². The Hall–Kier alpha value is -4.05. The number of carbonyl (C=O) groups is 2. The van der Waals surface area contributed by atoms with E-state index in [0.717, 1.165) is 18.2 Å². The topological polar surface area (TPSA) is 143 Å². The second-order valence-electron chi connectivity index (χ2n) is 6.96. The van der Waals surface area contributed by atoms with Gasteiger partial charge in [0.2, 0.25) is 0 Å². The summed E-state index contributed by atoms with van der Waals surface area (Å²) in [5, 5.41) is 20.3. The lowest BCUT2D eigenvalue weighted by Crippen LogP contribution is -2.14. The zero-order valence-electron chi connectivity index (χ0n) is 16.9. The fourth-order valence-corrected chi connectivity index (χ4v) is 4.63. The number of phenols is 1. The van der Waals surface area contributed by atoms with E-state index in [4.69, 9.17) is 9.15 Å². The molecule has 0 aliphatic rings. The molecule has 0 aliphatic carbocycles. The highest BCUT2D eigenvalue weighted by Gasteiger charge is 2.24. The van der Waals surface area contributed by atoms with Crippen LogP contribution in [0.15, 0.2) is 57.8 Å². The molecule has 0 unspecified atom stereocenters. The minimum absolute atomic E-state index is 0.156. The molecule has 32 heavy (non-hydrogen) atoms. The van der Waals surface area contributed by atoms with E-state index in [2.05, 4.69) is 4.72 Å². The van der Waals surface area contributed by atoms with Crippen LogP contribution in [-0.4, -0.2) is 37.7 Å². The predicted octanol–water partition coefficient (Wildman–Crippen LogP) is 3.89. The Kier molecular flexibility index (Phi) is 5.02. The summed E-state index contributed by atoms with van der Waals surface area (Å²) in [4.78, 5) is 23.2. The van der Waals surface area contributed by atoms with Gasteiger partial charge in [-0.2, -0.15) is 0 Å². The molecule has 0 saturated heterocycles. The third kappa shape index (κ3) is 3.40. The van der Waals surface area contributed by atoms with Crippen molar-refractivity contribution in [2.24, 2.45) is 0 Å². The van der Waals surface area contributed by atoms with E-state index in [-0.39, 0.29) is 16.1 Å². The molecule has 0 amide bonds. The van der Waals surface area contributed by atoms with Gasteiger partial charge in [0.05, 0.1) is 17.7 Å². The molecule has 3 N–H and O–H groups in total. The number of aromatic carboxylic acids is 1. The van der Waals surface area contributed by atoms with E-state index in [0.29, 0.717) is 27.5 Å². The summed E-state index contributed by atoms with van der Waals surface area (Å²) in [7, 11) is -3.02. The molecule has 4 rings (SSSR count). The van der Waals surface area contributed by atoms with Gasteiger partial charge in [0.25, 0.3) is 10.0 Å². The Morgan fingerprint density at radius 3 is 2.38 bits per heavy atom. The fraction of sp³-hybridized carbons (Fsp3) is 0.0909. The smallest absolute Gasteiger partial charge is 0.342 e. The second kappa shape index (κ2) is 7.57. The number of aromatic hydroxyl groups is 1. The first kappa shape index (κ1) is 21.2. The quantitative estimate of drug-likeness (QED) is 0.385. The summed E-state index contributed by atoms with van der Waals surface area (Å²) in [6, 6.07) is 11.3. The standard InChI is InChI=1S/C22H17NO8S/c1-11-19(22(27)30-2)16-10-17(13-5-3-4-6-14(13)20(16)31-11)23-32(28,29)12-7-8-18(24)15(9-12)21(25)26/h3-10,23-24H,1-2H3,(H,25,26). The number of carbonyl (C=O) groups excluding carboxylic acids is 1. The molecule has 10 heteroatoms. The third-order valence-electron chi connectivity index (χ3n) is 5.01. The number of esters is 1. The maximum absolute atomic E-state index is 13.0. The summed E-state index contributed by atoms with van der Waals surface area (Å²) < 4.78 is 39.2. The second-order valence-corrected chi connectivity index (χ2v) is 8.64. The van der Waals surface area contributed by atoms with Crippen LogP contribution in [0, 0.1) is 6.92 Å². The molecule has 164 valence electrons. The van der Waals surface area contributed by atoms with Crippen molar-refractivity contribution in [2.45, 2.75) is 11.8 Å². The number of nitrogens with one attached hydrogen (secondary N) is 1. The Morgan fingerprint density at radius 2 is 1.72 bits per heavy atom. The average Bonchev–Trinajstić information content (AvgIpc) is 3.09. The minimum atomic E-state index is -4.25. The van der Waals surface area contributed by atoms with Gasteiger partial charge in [-0.25, -0.2) is 18.0 Å². The Balaban J connectivity index is 1.93. The number of aryl methyl sites for hydroxylation is 1. The minimum Gasteiger partial charge on any atom is -0.507 e. The first-order valence-corrected chi connectivity index (χ1v) is 10.7. The van der Waals surface area contributed by atoms with Crippen molar-refractivity contribution in [3.05, 3.63) is 65.4 Å². The highest BCUT2D eigenvalue weighted by Crippen LogP contribution is 2.37. The van der Waals surface area contributed by atoms with Crippen LogP contribution >= 0.6 is 0 Å². The number of carboxylic acid groups (broad SMARTS) is 1. The molecule has 1 heterocycles. The molecular formula is C22H17NO8S. The van der Waals surface area contributed by atoms with Crippen LogP contribution in [0.5, 0.6) is 5.75 Å². The van der Waals surface area contributed by atoms with Crippen LogP contribution in [0.3, 0.4) is 0 Å². The number of carboxylic acids is 1.